The Morgan fingerprint density at radius 1 is 1.28 bits per heavy atom. The third-order valence-corrected chi connectivity index (χ3v) is 4.10. The van der Waals surface area contributed by atoms with Crippen molar-refractivity contribution in [1.82, 2.24) is 0 Å². The van der Waals surface area contributed by atoms with E-state index in [0.717, 1.165) is 5.75 Å². The summed E-state index contributed by atoms with van der Waals surface area (Å²) in [6.45, 7) is 2.19. The van der Waals surface area contributed by atoms with E-state index in [-0.39, 0.29) is 0 Å². The van der Waals surface area contributed by atoms with Crippen LogP contribution in [0.4, 0.5) is 0 Å². The van der Waals surface area contributed by atoms with Crippen molar-refractivity contribution in [2.45, 2.75) is 25.4 Å². The second-order valence-electron chi connectivity index (χ2n) is 5.40. The highest BCUT2D eigenvalue weighted by Gasteiger charge is 2.48. The molecule has 90 valence electrons. The first-order chi connectivity index (χ1) is 8.74. The van der Waals surface area contributed by atoms with Gasteiger partial charge in [0.2, 0.25) is 5.69 Å². The molecule has 0 spiro atoms. The van der Waals surface area contributed by atoms with Crippen LogP contribution in [0.15, 0.2) is 36.5 Å². The third-order valence-electron chi connectivity index (χ3n) is 4.10. The Labute approximate surface area is 107 Å². The van der Waals surface area contributed by atoms with Crippen molar-refractivity contribution < 1.29 is 9.30 Å². The van der Waals surface area contributed by atoms with E-state index in [1.165, 1.54) is 28.8 Å². The number of hydrogen-bond donors (Lipinski definition) is 0. The molecule has 0 amide bonds. The number of fused-ring (bicyclic) bond motifs is 3. The van der Waals surface area contributed by atoms with Crippen LogP contribution in [0.25, 0.3) is 11.3 Å². The fourth-order valence-electron chi connectivity index (χ4n) is 2.97. The largest absolute Gasteiger partial charge is 0.489 e. The van der Waals surface area contributed by atoms with E-state index in [2.05, 4.69) is 55.1 Å². The Hall–Kier alpha value is -1.83. The summed E-state index contributed by atoms with van der Waals surface area (Å²) in [6, 6.07) is 10.8. The van der Waals surface area contributed by atoms with Crippen LogP contribution in [0.1, 0.15) is 23.5 Å². The van der Waals surface area contributed by atoms with E-state index >= 15 is 0 Å². The van der Waals surface area contributed by atoms with E-state index in [9.17, 15) is 0 Å². The predicted octanol–water partition coefficient (Wildman–Crippen LogP) is 2.73. The van der Waals surface area contributed by atoms with Crippen LogP contribution in [0.3, 0.4) is 0 Å². The Morgan fingerprint density at radius 3 is 3.00 bits per heavy atom. The van der Waals surface area contributed by atoms with Crippen molar-refractivity contribution >= 4 is 0 Å². The first-order valence-electron chi connectivity index (χ1n) is 6.50. The fraction of sp³-hybridized carbons (Fsp3) is 0.312. The zero-order chi connectivity index (χ0) is 12.3. The minimum Gasteiger partial charge on any atom is -0.489 e. The Bertz CT molecular complexity index is 648. The molecule has 2 heterocycles. The molecule has 18 heavy (non-hydrogen) atoms. The summed E-state index contributed by atoms with van der Waals surface area (Å²) in [5, 5.41) is 0. The second-order valence-corrected chi connectivity index (χ2v) is 5.40. The molecule has 2 aromatic rings. The molecule has 2 atom stereocenters. The van der Waals surface area contributed by atoms with E-state index in [1.807, 2.05) is 0 Å². The van der Waals surface area contributed by atoms with Gasteiger partial charge in [0.05, 0.1) is 5.56 Å². The Balaban J connectivity index is 1.90. The maximum atomic E-state index is 5.93. The summed E-state index contributed by atoms with van der Waals surface area (Å²) < 4.78 is 8.09. The van der Waals surface area contributed by atoms with Gasteiger partial charge >= 0.3 is 0 Å². The van der Waals surface area contributed by atoms with Crippen molar-refractivity contribution in [3.05, 3.63) is 47.7 Å². The third kappa shape index (κ3) is 1.32. The molecule has 1 saturated carbocycles. The highest BCUT2D eigenvalue weighted by atomic mass is 16.5. The maximum absolute atomic E-state index is 5.93. The highest BCUT2D eigenvalue weighted by molar-refractivity contribution is 5.66. The molecule has 2 nitrogen and oxygen atoms in total. The molecule has 1 aromatic heterocycles. The topological polar surface area (TPSA) is 13.1 Å². The first-order valence-corrected chi connectivity index (χ1v) is 6.50. The van der Waals surface area contributed by atoms with Gasteiger partial charge in [0.25, 0.3) is 0 Å². The van der Waals surface area contributed by atoms with Crippen LogP contribution < -0.4 is 9.30 Å². The van der Waals surface area contributed by atoms with Crippen LogP contribution in [-0.2, 0) is 7.05 Å². The van der Waals surface area contributed by atoms with Crippen LogP contribution in [0, 0.1) is 6.92 Å². The smallest absolute Gasteiger partial charge is 0.212 e. The van der Waals surface area contributed by atoms with Gasteiger partial charge in [-0.05, 0) is 31.0 Å². The molecule has 0 bridgehead atoms. The van der Waals surface area contributed by atoms with Crippen LogP contribution >= 0.6 is 0 Å². The molecule has 2 aliphatic rings. The Kier molecular flexibility index (Phi) is 1.88. The number of aromatic nitrogens is 1. The number of rotatable bonds is 1. The summed E-state index contributed by atoms with van der Waals surface area (Å²) in [6.07, 6.45) is 3.77. The van der Waals surface area contributed by atoms with Crippen molar-refractivity contribution in [3.8, 4) is 17.0 Å². The molecule has 0 N–H and O–H groups in total. The molecule has 1 fully saturated rings. The summed E-state index contributed by atoms with van der Waals surface area (Å²) in [5.74, 6) is 1.78. The number of benzene rings is 1. The van der Waals surface area contributed by atoms with Gasteiger partial charge in [-0.2, -0.15) is 0 Å². The van der Waals surface area contributed by atoms with Gasteiger partial charge in [0.1, 0.15) is 18.9 Å². The van der Waals surface area contributed by atoms with Crippen molar-refractivity contribution in [2.24, 2.45) is 7.05 Å². The van der Waals surface area contributed by atoms with Crippen LogP contribution in [0.2, 0.25) is 0 Å². The number of aryl methyl sites for hydroxylation is 2. The van der Waals surface area contributed by atoms with Gasteiger partial charge in [0, 0.05) is 23.6 Å². The van der Waals surface area contributed by atoms with E-state index in [1.54, 1.807) is 0 Å². The second kappa shape index (κ2) is 3.35. The molecular weight excluding hydrogens is 222 g/mol. The highest BCUT2D eigenvalue weighted by Crippen LogP contribution is 2.54. The molecule has 1 aromatic carbocycles. The van der Waals surface area contributed by atoms with Crippen molar-refractivity contribution in [2.75, 3.05) is 0 Å². The van der Waals surface area contributed by atoms with E-state index in [0.29, 0.717) is 12.0 Å². The molecule has 2 unspecified atom stereocenters. The van der Waals surface area contributed by atoms with Gasteiger partial charge in [-0.1, -0.05) is 6.07 Å². The molecule has 1 aliphatic carbocycles. The summed E-state index contributed by atoms with van der Waals surface area (Å²) in [7, 11) is 2.08. The minimum atomic E-state index is 0.471. The summed E-state index contributed by atoms with van der Waals surface area (Å²) in [4.78, 5) is 0. The lowest BCUT2D eigenvalue weighted by Gasteiger charge is -2.09. The number of pyridine rings is 1. The first kappa shape index (κ1) is 10.1. The molecule has 1 aliphatic heterocycles. The average molecular weight is 238 g/mol. The molecule has 0 saturated heterocycles. The minimum absolute atomic E-state index is 0.471. The number of hydrogen-bond acceptors (Lipinski definition) is 1. The van der Waals surface area contributed by atoms with Gasteiger partial charge in [-0.15, -0.1) is 0 Å². The van der Waals surface area contributed by atoms with E-state index in [4.69, 9.17) is 4.74 Å². The Morgan fingerprint density at radius 2 is 2.17 bits per heavy atom. The lowest BCUT2D eigenvalue weighted by atomic mass is 9.99. The van der Waals surface area contributed by atoms with Crippen molar-refractivity contribution in [3.63, 3.8) is 0 Å². The fourth-order valence-corrected chi connectivity index (χ4v) is 2.97. The maximum Gasteiger partial charge on any atom is 0.212 e. The zero-order valence-corrected chi connectivity index (χ0v) is 10.7. The molecule has 0 radical (unpaired) electrons. The molecule has 4 rings (SSSR count). The van der Waals surface area contributed by atoms with Crippen LogP contribution in [0.5, 0.6) is 5.75 Å². The standard InChI is InChI=1S/C16H16NO/c1-10-7-12-13-9-16(13)18-15(12)8-11(10)14-5-3-4-6-17(14)2/h3-8,13,16H,9H2,1-2H3/q+1. The predicted molar refractivity (Wildman–Crippen MR) is 69.6 cm³/mol. The SMILES string of the molecule is Cc1cc2c(cc1-c1cccc[n+]1C)OC1CC21. The van der Waals surface area contributed by atoms with Crippen molar-refractivity contribution in [1.29, 1.82) is 0 Å². The lowest BCUT2D eigenvalue weighted by Crippen LogP contribution is -2.30. The average Bonchev–Trinajstić information content (AvgIpc) is 3.04. The zero-order valence-electron chi connectivity index (χ0n) is 10.7. The molecule has 2 heteroatoms. The van der Waals surface area contributed by atoms with E-state index < -0.39 is 0 Å². The quantitative estimate of drug-likeness (QED) is 0.696. The monoisotopic (exact) mass is 238 g/mol. The van der Waals surface area contributed by atoms with Gasteiger partial charge in [-0.3, -0.25) is 0 Å². The normalized spacial score (nSPS) is 23.2. The van der Waals surface area contributed by atoms with Gasteiger partial charge in [-0.25, -0.2) is 4.57 Å². The van der Waals surface area contributed by atoms with Gasteiger partial charge in [0.15, 0.2) is 6.20 Å². The summed E-state index contributed by atoms with van der Waals surface area (Å²) in [5.41, 5.74) is 5.27. The number of ether oxygens (including phenoxy) is 1. The summed E-state index contributed by atoms with van der Waals surface area (Å²) >= 11 is 0. The van der Waals surface area contributed by atoms with Crippen LogP contribution in [-0.4, -0.2) is 6.10 Å². The van der Waals surface area contributed by atoms with Gasteiger partial charge < -0.3 is 4.74 Å². The lowest BCUT2D eigenvalue weighted by molar-refractivity contribution is -0.660. The molecular formula is C16H16NO+. The number of nitrogens with zero attached hydrogens (tertiary/aromatic N) is 1.